The molecule has 0 saturated heterocycles. The zero-order valence-electron chi connectivity index (χ0n) is 10.7. The molecular formula is C11H21N3O4. The summed E-state index contributed by atoms with van der Waals surface area (Å²) in [5.41, 5.74) is 4.90. The van der Waals surface area contributed by atoms with E-state index in [0.717, 1.165) is 19.3 Å². The van der Waals surface area contributed by atoms with Crippen LogP contribution in [0, 0.1) is 0 Å². The first-order valence-corrected chi connectivity index (χ1v) is 5.95. The fraction of sp³-hybridized carbons (Fsp3) is 0.727. The zero-order valence-corrected chi connectivity index (χ0v) is 10.7. The second-order valence-electron chi connectivity index (χ2n) is 4.22. The van der Waals surface area contributed by atoms with E-state index in [9.17, 15) is 14.4 Å². The number of rotatable bonds is 8. The smallest absolute Gasteiger partial charge is 0.326 e. The van der Waals surface area contributed by atoms with Gasteiger partial charge >= 0.3 is 12.0 Å². The summed E-state index contributed by atoms with van der Waals surface area (Å²) in [5.74, 6) is -2.06. The fourth-order valence-corrected chi connectivity index (χ4v) is 1.41. The van der Waals surface area contributed by atoms with E-state index in [2.05, 4.69) is 10.6 Å². The molecule has 0 fully saturated rings. The van der Waals surface area contributed by atoms with E-state index in [-0.39, 0.29) is 6.04 Å². The van der Waals surface area contributed by atoms with Gasteiger partial charge in [0.1, 0.15) is 6.04 Å². The Balaban J connectivity index is 4.17. The van der Waals surface area contributed by atoms with E-state index in [4.69, 9.17) is 10.8 Å². The average Bonchev–Trinajstić information content (AvgIpc) is 2.24. The molecule has 2 atom stereocenters. The van der Waals surface area contributed by atoms with Gasteiger partial charge in [0.05, 0.1) is 6.42 Å². The number of nitrogens with two attached hydrogens (primary N) is 1. The minimum atomic E-state index is -1.29. The van der Waals surface area contributed by atoms with Crippen molar-refractivity contribution in [3.63, 3.8) is 0 Å². The van der Waals surface area contributed by atoms with E-state index < -0.39 is 30.4 Å². The topological polar surface area (TPSA) is 122 Å². The predicted octanol–water partition coefficient (Wildman–Crippen LogP) is 0.193. The van der Waals surface area contributed by atoms with Gasteiger partial charge in [0.25, 0.3) is 0 Å². The minimum absolute atomic E-state index is 0.0482. The Labute approximate surface area is 106 Å². The molecule has 0 radical (unpaired) electrons. The number of carbonyl (C=O) groups excluding carboxylic acids is 2. The van der Waals surface area contributed by atoms with Gasteiger partial charge in [-0.05, 0) is 13.3 Å². The highest BCUT2D eigenvalue weighted by molar-refractivity contribution is 5.87. The quantitative estimate of drug-likeness (QED) is 0.497. The first-order chi connectivity index (χ1) is 8.36. The number of carboxylic acid groups (broad SMARTS) is 1. The van der Waals surface area contributed by atoms with Crippen molar-refractivity contribution in [2.45, 2.75) is 51.6 Å². The van der Waals surface area contributed by atoms with Crippen LogP contribution in [0.25, 0.3) is 0 Å². The maximum Gasteiger partial charge on any atom is 0.326 e. The number of unbranched alkanes of at least 4 members (excludes halogenated alkanes) is 1. The summed E-state index contributed by atoms with van der Waals surface area (Å²) in [6.45, 7) is 3.87. The molecule has 5 N–H and O–H groups in total. The Bertz CT molecular complexity index is 307. The Kier molecular flexibility index (Phi) is 7.50. The molecule has 0 rings (SSSR count). The molecule has 104 valence electrons. The number of aliphatic carboxylic acids is 1. The molecule has 0 bridgehead atoms. The van der Waals surface area contributed by atoms with Crippen LogP contribution in [0.2, 0.25) is 0 Å². The molecule has 0 aliphatic carbocycles. The molecule has 18 heavy (non-hydrogen) atoms. The van der Waals surface area contributed by atoms with Crippen molar-refractivity contribution in [1.29, 1.82) is 0 Å². The number of amides is 3. The third kappa shape index (κ3) is 7.48. The van der Waals surface area contributed by atoms with Crippen molar-refractivity contribution in [3.8, 4) is 0 Å². The van der Waals surface area contributed by atoms with E-state index in [1.165, 1.54) is 0 Å². The number of urea groups is 1. The van der Waals surface area contributed by atoms with Gasteiger partial charge in [0.15, 0.2) is 0 Å². The summed E-state index contributed by atoms with van der Waals surface area (Å²) in [5, 5.41) is 13.6. The number of primary amides is 1. The van der Waals surface area contributed by atoms with Gasteiger partial charge in [0, 0.05) is 6.04 Å². The van der Waals surface area contributed by atoms with Crippen LogP contribution in [0.1, 0.15) is 39.5 Å². The normalized spacial score (nSPS) is 13.4. The SMILES string of the molecule is CCCCC(C)NC(=O)N[C@@H](CC(N)=O)C(=O)O. The van der Waals surface area contributed by atoms with Crippen molar-refractivity contribution in [2.75, 3.05) is 0 Å². The van der Waals surface area contributed by atoms with Crippen LogP contribution >= 0.6 is 0 Å². The summed E-state index contributed by atoms with van der Waals surface area (Å²) < 4.78 is 0. The van der Waals surface area contributed by atoms with E-state index in [1.807, 2.05) is 13.8 Å². The average molecular weight is 259 g/mol. The number of nitrogens with one attached hydrogen (secondary N) is 2. The lowest BCUT2D eigenvalue weighted by atomic mass is 10.1. The number of carboxylic acids is 1. The van der Waals surface area contributed by atoms with E-state index in [0.29, 0.717) is 0 Å². The maximum absolute atomic E-state index is 11.5. The van der Waals surface area contributed by atoms with Crippen molar-refractivity contribution in [3.05, 3.63) is 0 Å². The summed E-state index contributed by atoms with van der Waals surface area (Å²) in [4.78, 5) is 32.9. The predicted molar refractivity (Wildman–Crippen MR) is 65.9 cm³/mol. The molecule has 1 unspecified atom stereocenters. The van der Waals surface area contributed by atoms with Crippen LogP contribution in [0.5, 0.6) is 0 Å². The van der Waals surface area contributed by atoms with Crippen LogP contribution in [-0.2, 0) is 9.59 Å². The molecule has 0 aromatic heterocycles. The lowest BCUT2D eigenvalue weighted by Gasteiger charge is -2.17. The first-order valence-electron chi connectivity index (χ1n) is 5.95. The van der Waals surface area contributed by atoms with Crippen molar-refractivity contribution in [2.24, 2.45) is 5.73 Å². The lowest BCUT2D eigenvalue weighted by Crippen LogP contribution is -2.49. The minimum Gasteiger partial charge on any atom is -0.480 e. The Morgan fingerprint density at radius 1 is 1.28 bits per heavy atom. The molecule has 0 heterocycles. The number of hydrogen-bond acceptors (Lipinski definition) is 3. The molecule has 3 amide bonds. The van der Waals surface area contributed by atoms with Gasteiger partial charge < -0.3 is 21.5 Å². The van der Waals surface area contributed by atoms with Gasteiger partial charge in [-0.25, -0.2) is 9.59 Å². The third-order valence-corrected chi connectivity index (χ3v) is 2.38. The monoisotopic (exact) mass is 259 g/mol. The second-order valence-corrected chi connectivity index (χ2v) is 4.22. The highest BCUT2D eigenvalue weighted by atomic mass is 16.4. The lowest BCUT2D eigenvalue weighted by molar-refractivity contribution is -0.140. The molecule has 0 spiro atoms. The van der Waals surface area contributed by atoms with Crippen LogP contribution in [0.4, 0.5) is 4.79 Å². The molecule has 0 aliphatic heterocycles. The highest BCUT2D eigenvalue weighted by Crippen LogP contribution is 1.99. The maximum atomic E-state index is 11.5. The van der Waals surface area contributed by atoms with Crippen LogP contribution in [-0.4, -0.2) is 35.1 Å². The fourth-order valence-electron chi connectivity index (χ4n) is 1.41. The summed E-state index contributed by atoms with van der Waals surface area (Å²) in [6, 6.07) is -1.94. The number of hydrogen-bond donors (Lipinski definition) is 4. The molecule has 0 aliphatic rings. The molecule has 7 nitrogen and oxygen atoms in total. The number of carbonyl (C=O) groups is 3. The van der Waals surface area contributed by atoms with Gasteiger partial charge in [0.2, 0.25) is 5.91 Å². The molecule has 0 saturated carbocycles. The van der Waals surface area contributed by atoms with Crippen LogP contribution in [0.15, 0.2) is 0 Å². The molecule has 0 aromatic rings. The zero-order chi connectivity index (χ0) is 14.1. The van der Waals surface area contributed by atoms with Crippen molar-refractivity contribution >= 4 is 17.9 Å². The van der Waals surface area contributed by atoms with Gasteiger partial charge in [-0.1, -0.05) is 19.8 Å². The van der Waals surface area contributed by atoms with Crippen LogP contribution < -0.4 is 16.4 Å². The van der Waals surface area contributed by atoms with Gasteiger partial charge in [-0.2, -0.15) is 0 Å². The first kappa shape index (κ1) is 16.2. The molecule has 0 aromatic carbocycles. The van der Waals surface area contributed by atoms with E-state index in [1.54, 1.807) is 0 Å². The van der Waals surface area contributed by atoms with Crippen LogP contribution in [0.3, 0.4) is 0 Å². The third-order valence-electron chi connectivity index (χ3n) is 2.38. The second kappa shape index (κ2) is 8.32. The summed E-state index contributed by atoms with van der Waals surface area (Å²) >= 11 is 0. The van der Waals surface area contributed by atoms with Crippen molar-refractivity contribution < 1.29 is 19.5 Å². The largest absolute Gasteiger partial charge is 0.480 e. The van der Waals surface area contributed by atoms with Crippen molar-refractivity contribution in [1.82, 2.24) is 10.6 Å². The van der Waals surface area contributed by atoms with Gasteiger partial charge in [-0.3, -0.25) is 4.79 Å². The Morgan fingerprint density at radius 3 is 2.33 bits per heavy atom. The summed E-state index contributed by atoms with van der Waals surface area (Å²) in [7, 11) is 0. The molecular weight excluding hydrogens is 238 g/mol. The van der Waals surface area contributed by atoms with E-state index >= 15 is 0 Å². The Morgan fingerprint density at radius 2 is 1.89 bits per heavy atom. The standard InChI is InChI=1S/C11H21N3O4/c1-3-4-5-7(2)13-11(18)14-8(10(16)17)6-9(12)15/h7-8H,3-6H2,1-2H3,(H2,12,15)(H,16,17)(H2,13,14,18)/t7?,8-/m0/s1. The highest BCUT2D eigenvalue weighted by Gasteiger charge is 2.22. The summed E-state index contributed by atoms with van der Waals surface area (Å²) in [6.07, 6.45) is 2.39. The molecule has 7 heteroatoms. The Hall–Kier alpha value is -1.79. The van der Waals surface area contributed by atoms with Gasteiger partial charge in [-0.15, -0.1) is 0 Å².